The van der Waals surface area contributed by atoms with Gasteiger partial charge >= 0.3 is 0 Å². The van der Waals surface area contributed by atoms with E-state index in [1.54, 1.807) is 11.3 Å². The van der Waals surface area contributed by atoms with Gasteiger partial charge in [-0.25, -0.2) is 4.98 Å². The van der Waals surface area contributed by atoms with Gasteiger partial charge in [0.15, 0.2) is 0 Å². The molecule has 1 fully saturated rings. The Balaban J connectivity index is 1.95. The number of nitrogens with zero attached hydrogens (tertiary/aromatic N) is 1. The van der Waals surface area contributed by atoms with Crippen molar-refractivity contribution in [1.29, 1.82) is 0 Å². The lowest BCUT2D eigenvalue weighted by Crippen LogP contribution is -2.13. The van der Waals surface area contributed by atoms with Crippen LogP contribution in [-0.2, 0) is 0 Å². The van der Waals surface area contributed by atoms with E-state index in [0.29, 0.717) is 6.04 Å². The number of benzene rings is 1. The van der Waals surface area contributed by atoms with E-state index in [1.165, 1.54) is 10.3 Å². The van der Waals surface area contributed by atoms with E-state index in [9.17, 15) is 0 Å². The summed E-state index contributed by atoms with van der Waals surface area (Å²) in [5, 5.41) is 1.12. The standard InChI is InChI=1S/C13H14N2S/c14-10-6-5-9(7-10)8-13-15-11-3-1-2-4-12(11)16-13/h1-4,8,10H,5-7,14H2/b9-8-. The highest BCUT2D eigenvalue weighted by Gasteiger charge is 2.15. The first kappa shape index (κ1) is 10.00. The summed E-state index contributed by atoms with van der Waals surface area (Å²) in [7, 11) is 0. The van der Waals surface area contributed by atoms with Gasteiger partial charge in [-0.1, -0.05) is 17.7 Å². The quantitative estimate of drug-likeness (QED) is 0.817. The third kappa shape index (κ3) is 1.88. The summed E-state index contributed by atoms with van der Waals surface area (Å²) in [6.07, 6.45) is 5.52. The van der Waals surface area contributed by atoms with E-state index in [4.69, 9.17) is 5.73 Å². The molecule has 0 radical (unpaired) electrons. The molecule has 3 heteroatoms. The summed E-state index contributed by atoms with van der Waals surface area (Å²) in [5.74, 6) is 0. The molecule has 2 nitrogen and oxygen atoms in total. The molecule has 1 heterocycles. The number of para-hydroxylation sites is 1. The van der Waals surface area contributed by atoms with Crippen molar-refractivity contribution in [1.82, 2.24) is 4.98 Å². The number of aromatic nitrogens is 1. The highest BCUT2D eigenvalue weighted by Crippen LogP contribution is 2.28. The molecule has 1 atom stereocenters. The van der Waals surface area contributed by atoms with E-state index in [0.717, 1.165) is 29.8 Å². The SMILES string of the molecule is NC1CC/C(=C/c2nc3ccccc3s2)C1. The number of rotatable bonds is 1. The van der Waals surface area contributed by atoms with E-state index >= 15 is 0 Å². The molecule has 1 aliphatic carbocycles. The number of thiazole rings is 1. The summed E-state index contributed by atoms with van der Waals surface area (Å²) in [5.41, 5.74) is 8.45. The number of fused-ring (bicyclic) bond motifs is 1. The van der Waals surface area contributed by atoms with Crippen LogP contribution in [0.4, 0.5) is 0 Å². The van der Waals surface area contributed by atoms with Crippen LogP contribution in [0.2, 0.25) is 0 Å². The predicted molar refractivity (Wildman–Crippen MR) is 69.4 cm³/mol. The van der Waals surface area contributed by atoms with Gasteiger partial charge in [0.25, 0.3) is 0 Å². The molecule has 1 saturated carbocycles. The molecule has 2 N–H and O–H groups in total. The van der Waals surface area contributed by atoms with Crippen molar-refractivity contribution in [3.05, 3.63) is 34.8 Å². The molecule has 0 amide bonds. The van der Waals surface area contributed by atoms with Gasteiger partial charge in [-0.2, -0.15) is 0 Å². The lowest BCUT2D eigenvalue weighted by Gasteiger charge is -1.95. The number of hydrogen-bond donors (Lipinski definition) is 1. The first-order valence-corrected chi connectivity index (χ1v) is 6.43. The third-order valence-electron chi connectivity index (χ3n) is 3.00. The highest BCUT2D eigenvalue weighted by molar-refractivity contribution is 7.19. The molecular weight excluding hydrogens is 216 g/mol. The third-order valence-corrected chi connectivity index (χ3v) is 3.98. The highest BCUT2D eigenvalue weighted by atomic mass is 32.1. The van der Waals surface area contributed by atoms with Gasteiger partial charge < -0.3 is 5.73 Å². The van der Waals surface area contributed by atoms with Crippen LogP contribution >= 0.6 is 11.3 Å². The Morgan fingerprint density at radius 1 is 1.38 bits per heavy atom. The number of hydrogen-bond acceptors (Lipinski definition) is 3. The largest absolute Gasteiger partial charge is 0.327 e. The zero-order valence-corrected chi connectivity index (χ0v) is 9.83. The second kappa shape index (κ2) is 4.00. The van der Waals surface area contributed by atoms with Crippen LogP contribution in [0.5, 0.6) is 0 Å². The van der Waals surface area contributed by atoms with Crippen LogP contribution < -0.4 is 5.73 Å². The molecule has 82 valence electrons. The Kier molecular flexibility index (Phi) is 2.50. The van der Waals surface area contributed by atoms with E-state index in [1.807, 2.05) is 6.07 Å². The Hall–Kier alpha value is -1.19. The molecule has 2 aromatic rings. The van der Waals surface area contributed by atoms with E-state index < -0.39 is 0 Å². The average molecular weight is 230 g/mol. The molecule has 1 aromatic carbocycles. The molecule has 0 bridgehead atoms. The van der Waals surface area contributed by atoms with Crippen LogP contribution in [0, 0.1) is 0 Å². The summed E-state index contributed by atoms with van der Waals surface area (Å²) < 4.78 is 1.26. The normalized spacial score (nSPS) is 23.3. The lowest BCUT2D eigenvalue weighted by atomic mass is 10.2. The fourth-order valence-electron chi connectivity index (χ4n) is 2.17. The van der Waals surface area contributed by atoms with Crippen LogP contribution in [-0.4, -0.2) is 11.0 Å². The Morgan fingerprint density at radius 3 is 3.00 bits per heavy atom. The molecule has 3 rings (SSSR count). The minimum Gasteiger partial charge on any atom is -0.327 e. The smallest absolute Gasteiger partial charge is 0.117 e. The molecule has 1 aromatic heterocycles. The van der Waals surface area contributed by atoms with E-state index in [-0.39, 0.29) is 0 Å². The zero-order valence-electron chi connectivity index (χ0n) is 9.02. The average Bonchev–Trinajstić information content (AvgIpc) is 2.84. The van der Waals surface area contributed by atoms with Gasteiger partial charge in [0, 0.05) is 6.04 Å². The van der Waals surface area contributed by atoms with Crippen molar-refractivity contribution in [3.8, 4) is 0 Å². The fraction of sp³-hybridized carbons (Fsp3) is 0.308. The van der Waals surface area contributed by atoms with Gasteiger partial charge in [-0.05, 0) is 37.5 Å². The Morgan fingerprint density at radius 2 is 2.25 bits per heavy atom. The molecule has 1 unspecified atom stereocenters. The maximum Gasteiger partial charge on any atom is 0.117 e. The van der Waals surface area contributed by atoms with Gasteiger partial charge in [0.2, 0.25) is 0 Å². The molecule has 1 aliphatic rings. The molecular formula is C13H14N2S. The summed E-state index contributed by atoms with van der Waals surface area (Å²) in [6.45, 7) is 0. The van der Waals surface area contributed by atoms with Crippen LogP contribution in [0.15, 0.2) is 29.8 Å². The van der Waals surface area contributed by atoms with Crippen LogP contribution in [0.25, 0.3) is 16.3 Å². The second-order valence-electron chi connectivity index (χ2n) is 4.33. The molecule has 0 aliphatic heterocycles. The summed E-state index contributed by atoms with van der Waals surface area (Å²) in [6, 6.07) is 8.64. The van der Waals surface area contributed by atoms with Crippen molar-refractivity contribution in [2.75, 3.05) is 0 Å². The van der Waals surface area contributed by atoms with E-state index in [2.05, 4.69) is 29.3 Å². The monoisotopic (exact) mass is 230 g/mol. The van der Waals surface area contributed by atoms with Crippen LogP contribution in [0.3, 0.4) is 0 Å². The molecule has 0 saturated heterocycles. The summed E-state index contributed by atoms with van der Waals surface area (Å²) >= 11 is 1.76. The van der Waals surface area contributed by atoms with Gasteiger partial charge in [0.1, 0.15) is 5.01 Å². The maximum absolute atomic E-state index is 5.90. The maximum atomic E-state index is 5.90. The molecule has 0 spiro atoms. The van der Waals surface area contributed by atoms with Crippen molar-refractivity contribution < 1.29 is 0 Å². The van der Waals surface area contributed by atoms with Gasteiger partial charge in [0.05, 0.1) is 10.2 Å². The lowest BCUT2D eigenvalue weighted by molar-refractivity contribution is 0.711. The molecule has 16 heavy (non-hydrogen) atoms. The second-order valence-corrected chi connectivity index (χ2v) is 5.39. The fourth-order valence-corrected chi connectivity index (χ4v) is 3.13. The van der Waals surface area contributed by atoms with Crippen molar-refractivity contribution in [2.45, 2.75) is 25.3 Å². The van der Waals surface area contributed by atoms with Gasteiger partial charge in [-0.3, -0.25) is 0 Å². The minimum atomic E-state index is 0.362. The van der Waals surface area contributed by atoms with Gasteiger partial charge in [-0.15, -0.1) is 11.3 Å². The Bertz CT molecular complexity index is 509. The van der Waals surface area contributed by atoms with Crippen molar-refractivity contribution in [3.63, 3.8) is 0 Å². The van der Waals surface area contributed by atoms with Crippen LogP contribution in [0.1, 0.15) is 24.3 Å². The van der Waals surface area contributed by atoms with Crippen molar-refractivity contribution >= 4 is 27.6 Å². The zero-order chi connectivity index (χ0) is 11.0. The summed E-state index contributed by atoms with van der Waals surface area (Å²) in [4.78, 5) is 4.60. The number of nitrogens with two attached hydrogens (primary N) is 1. The predicted octanol–water partition coefficient (Wildman–Crippen LogP) is 3.19. The first-order chi connectivity index (χ1) is 7.81. The Labute approximate surface area is 98.8 Å². The van der Waals surface area contributed by atoms with Crippen molar-refractivity contribution in [2.24, 2.45) is 5.73 Å². The first-order valence-electron chi connectivity index (χ1n) is 5.62. The minimum absolute atomic E-state index is 0.362. The topological polar surface area (TPSA) is 38.9 Å².